The highest BCUT2D eigenvalue weighted by molar-refractivity contribution is 5.71. The van der Waals surface area contributed by atoms with Gasteiger partial charge in [-0.2, -0.15) is 0 Å². The molecule has 1 fully saturated rings. The number of allylic oxidation sites excluding steroid dienone is 3. The van der Waals surface area contributed by atoms with Crippen molar-refractivity contribution in [3.05, 3.63) is 23.8 Å². The largest absolute Gasteiger partial charge is 0.462 e. The number of hydrogen-bond donors (Lipinski definition) is 0. The summed E-state index contributed by atoms with van der Waals surface area (Å²) in [6.45, 7) is 6.42. The maximum Gasteiger partial charge on any atom is 0.309 e. The van der Waals surface area contributed by atoms with Crippen molar-refractivity contribution in [3.8, 4) is 0 Å². The summed E-state index contributed by atoms with van der Waals surface area (Å²) in [6, 6.07) is 0. The van der Waals surface area contributed by atoms with Crippen LogP contribution in [0.25, 0.3) is 0 Å². The molecular formula is C15H24O2. The van der Waals surface area contributed by atoms with E-state index < -0.39 is 0 Å². The third-order valence-corrected chi connectivity index (χ3v) is 2.75. The Morgan fingerprint density at radius 2 is 2.12 bits per heavy atom. The highest BCUT2D eigenvalue weighted by Gasteiger charge is 2.25. The van der Waals surface area contributed by atoms with E-state index in [2.05, 4.69) is 32.9 Å². The molecule has 0 N–H and O–H groups in total. The smallest absolute Gasteiger partial charge is 0.309 e. The van der Waals surface area contributed by atoms with Gasteiger partial charge in [-0.25, -0.2) is 0 Å². The molecule has 0 spiro atoms. The van der Waals surface area contributed by atoms with E-state index in [1.807, 2.05) is 6.08 Å². The van der Waals surface area contributed by atoms with E-state index in [-0.39, 0.29) is 12.1 Å². The lowest BCUT2D eigenvalue weighted by Crippen LogP contribution is -2.04. The van der Waals surface area contributed by atoms with Crippen LogP contribution in [0.4, 0.5) is 0 Å². The van der Waals surface area contributed by atoms with Crippen molar-refractivity contribution in [1.29, 1.82) is 0 Å². The number of ether oxygens (including phenoxy) is 1. The highest BCUT2D eigenvalue weighted by Crippen LogP contribution is 2.23. The maximum absolute atomic E-state index is 11.3. The minimum atomic E-state index is -0.0831. The molecule has 2 heteroatoms. The van der Waals surface area contributed by atoms with Gasteiger partial charge >= 0.3 is 5.97 Å². The van der Waals surface area contributed by atoms with E-state index in [1.165, 1.54) is 5.57 Å². The van der Waals surface area contributed by atoms with Crippen LogP contribution < -0.4 is 0 Å². The van der Waals surface area contributed by atoms with Gasteiger partial charge in [-0.3, -0.25) is 4.79 Å². The molecule has 17 heavy (non-hydrogen) atoms. The zero-order chi connectivity index (χ0) is 12.7. The minimum absolute atomic E-state index is 0.0831. The Labute approximate surface area is 105 Å². The highest BCUT2D eigenvalue weighted by atomic mass is 16.5. The number of esters is 1. The first-order valence-electron chi connectivity index (χ1n) is 6.57. The Kier molecular flexibility index (Phi) is 6.03. The number of rotatable bonds is 7. The van der Waals surface area contributed by atoms with Gasteiger partial charge in [-0.1, -0.05) is 30.7 Å². The van der Waals surface area contributed by atoms with Gasteiger partial charge in [-0.05, 0) is 45.4 Å². The monoisotopic (exact) mass is 236 g/mol. The predicted molar refractivity (Wildman–Crippen MR) is 70.7 cm³/mol. The Morgan fingerprint density at radius 1 is 1.41 bits per heavy atom. The molecule has 0 amide bonds. The molecule has 0 aromatic carbocycles. The van der Waals surface area contributed by atoms with Crippen LogP contribution >= 0.6 is 0 Å². The Bertz CT molecular complexity index is 294. The molecule has 0 bridgehead atoms. The van der Waals surface area contributed by atoms with Gasteiger partial charge in [0.05, 0.1) is 6.42 Å². The molecule has 0 aliphatic heterocycles. The van der Waals surface area contributed by atoms with Crippen molar-refractivity contribution in [2.45, 2.75) is 59.0 Å². The first-order chi connectivity index (χ1) is 8.08. The zero-order valence-electron chi connectivity index (χ0n) is 11.2. The first-order valence-corrected chi connectivity index (χ1v) is 6.57. The minimum Gasteiger partial charge on any atom is -0.462 e. The van der Waals surface area contributed by atoms with Crippen LogP contribution in [0.5, 0.6) is 0 Å². The van der Waals surface area contributed by atoms with E-state index in [9.17, 15) is 4.79 Å². The zero-order valence-corrected chi connectivity index (χ0v) is 11.2. The first kappa shape index (κ1) is 14.0. The van der Waals surface area contributed by atoms with E-state index >= 15 is 0 Å². The molecule has 0 radical (unpaired) electrons. The van der Waals surface area contributed by atoms with E-state index in [1.54, 1.807) is 0 Å². The summed E-state index contributed by atoms with van der Waals surface area (Å²) in [5.74, 6) is 0.444. The van der Waals surface area contributed by atoms with Crippen molar-refractivity contribution >= 4 is 5.97 Å². The molecular weight excluding hydrogens is 212 g/mol. The molecule has 96 valence electrons. The molecule has 1 unspecified atom stereocenters. The van der Waals surface area contributed by atoms with Gasteiger partial charge in [0.25, 0.3) is 0 Å². The van der Waals surface area contributed by atoms with Crippen molar-refractivity contribution in [3.63, 3.8) is 0 Å². The average molecular weight is 236 g/mol. The summed E-state index contributed by atoms with van der Waals surface area (Å²) < 4.78 is 5.16. The fraction of sp³-hybridized carbons (Fsp3) is 0.667. The second-order valence-electron chi connectivity index (χ2n) is 5.16. The third-order valence-electron chi connectivity index (χ3n) is 2.75. The van der Waals surface area contributed by atoms with Crippen LogP contribution in [0.3, 0.4) is 0 Å². The Hall–Kier alpha value is -1.05. The lowest BCUT2D eigenvalue weighted by atomic mass is 10.0. The molecule has 1 aliphatic rings. The average Bonchev–Trinajstić information content (AvgIpc) is 3.01. The lowest BCUT2D eigenvalue weighted by molar-refractivity contribution is -0.143. The van der Waals surface area contributed by atoms with Gasteiger partial charge < -0.3 is 4.74 Å². The standard InChI is InChI=1S/C15H24O2/c1-12(2)6-4-7-13(3)8-5-9-15(16)17-14-10-11-14/h5-6,8,13-14H,4,7,9-11H2,1-3H3/b8-5+. The quantitative estimate of drug-likeness (QED) is 0.493. The van der Waals surface area contributed by atoms with Crippen molar-refractivity contribution in [2.75, 3.05) is 0 Å². The summed E-state index contributed by atoms with van der Waals surface area (Å²) in [5, 5.41) is 0. The van der Waals surface area contributed by atoms with Crippen LogP contribution in [0.2, 0.25) is 0 Å². The molecule has 1 aliphatic carbocycles. The fourth-order valence-electron chi connectivity index (χ4n) is 1.55. The summed E-state index contributed by atoms with van der Waals surface area (Å²) in [4.78, 5) is 11.3. The van der Waals surface area contributed by atoms with Crippen LogP contribution in [-0.2, 0) is 9.53 Å². The van der Waals surface area contributed by atoms with Crippen LogP contribution in [0, 0.1) is 5.92 Å². The van der Waals surface area contributed by atoms with Gasteiger partial charge in [0.2, 0.25) is 0 Å². The van der Waals surface area contributed by atoms with Gasteiger partial charge in [0, 0.05) is 0 Å². The molecule has 1 saturated carbocycles. The molecule has 1 rings (SSSR count). The van der Waals surface area contributed by atoms with Crippen molar-refractivity contribution in [1.82, 2.24) is 0 Å². The SMILES string of the molecule is CC(C)=CCCC(C)/C=C/CC(=O)OC1CC1. The van der Waals surface area contributed by atoms with E-state index in [0.29, 0.717) is 12.3 Å². The van der Waals surface area contributed by atoms with Gasteiger partial charge in [0.1, 0.15) is 6.10 Å². The Morgan fingerprint density at radius 3 is 2.71 bits per heavy atom. The van der Waals surface area contributed by atoms with Crippen LogP contribution in [0.1, 0.15) is 52.9 Å². The van der Waals surface area contributed by atoms with Gasteiger partial charge in [0.15, 0.2) is 0 Å². The number of carbonyl (C=O) groups is 1. The Balaban J connectivity index is 2.09. The fourth-order valence-corrected chi connectivity index (χ4v) is 1.55. The van der Waals surface area contributed by atoms with Crippen LogP contribution in [-0.4, -0.2) is 12.1 Å². The normalized spacial score (nSPS) is 16.9. The number of hydrogen-bond acceptors (Lipinski definition) is 2. The molecule has 1 atom stereocenters. The molecule has 0 saturated heterocycles. The second kappa shape index (κ2) is 7.31. The lowest BCUT2D eigenvalue weighted by Gasteiger charge is -2.04. The molecule has 0 aromatic rings. The number of carbonyl (C=O) groups excluding carboxylic acids is 1. The summed E-state index contributed by atoms with van der Waals surface area (Å²) >= 11 is 0. The summed E-state index contributed by atoms with van der Waals surface area (Å²) in [6.07, 6.45) is 11.3. The van der Waals surface area contributed by atoms with E-state index in [4.69, 9.17) is 4.74 Å². The van der Waals surface area contributed by atoms with E-state index in [0.717, 1.165) is 25.7 Å². The summed E-state index contributed by atoms with van der Waals surface area (Å²) in [5.41, 5.74) is 1.37. The second-order valence-corrected chi connectivity index (χ2v) is 5.16. The molecule has 0 heterocycles. The van der Waals surface area contributed by atoms with Gasteiger partial charge in [-0.15, -0.1) is 0 Å². The topological polar surface area (TPSA) is 26.3 Å². The molecule has 2 nitrogen and oxygen atoms in total. The van der Waals surface area contributed by atoms with Crippen molar-refractivity contribution in [2.24, 2.45) is 5.92 Å². The third kappa shape index (κ3) is 7.78. The summed E-state index contributed by atoms with van der Waals surface area (Å²) in [7, 11) is 0. The predicted octanol–water partition coefficient (Wildman–Crippen LogP) is 4.02. The maximum atomic E-state index is 11.3. The van der Waals surface area contributed by atoms with Crippen molar-refractivity contribution < 1.29 is 9.53 Å². The molecule has 0 aromatic heterocycles. The van der Waals surface area contributed by atoms with Crippen LogP contribution in [0.15, 0.2) is 23.8 Å².